The molecule has 38 heavy (non-hydrogen) atoms. The third kappa shape index (κ3) is 6.33. The van der Waals surface area contributed by atoms with Crippen LogP contribution in [0.4, 0.5) is 28.8 Å². The number of allylic oxidation sites excluding steroid dienone is 1. The van der Waals surface area contributed by atoms with Crippen LogP contribution < -0.4 is 16.0 Å². The lowest BCUT2D eigenvalue weighted by molar-refractivity contribution is 0.102. The standard InChI is InChI=1S/C29H22ClN7O/c1-18-14-21(4-3-13-31)15-19(2)26(18)36-27-25(28(38)34-23-11-7-22(30)8-12-23)17-33-29(37-27)35-24-9-5-20(16-32)6-10-24/h3-12,14-15,17H,1-2H3,(H,34,38)(H2,33,35,36,37)/b4-3+. The van der Waals surface area contributed by atoms with Crippen molar-refractivity contribution in [3.63, 3.8) is 0 Å². The molecule has 186 valence electrons. The fraction of sp³-hybridized carbons (Fsp3) is 0.0690. The Bertz CT molecular complexity index is 1580. The van der Waals surface area contributed by atoms with Crippen LogP contribution in [0.3, 0.4) is 0 Å². The fourth-order valence-corrected chi connectivity index (χ4v) is 3.86. The van der Waals surface area contributed by atoms with Crippen LogP contribution in [-0.2, 0) is 0 Å². The van der Waals surface area contributed by atoms with E-state index in [1.54, 1.807) is 54.6 Å². The molecule has 0 aliphatic carbocycles. The maximum absolute atomic E-state index is 13.2. The summed E-state index contributed by atoms with van der Waals surface area (Å²) >= 11 is 5.96. The Balaban J connectivity index is 1.70. The highest BCUT2D eigenvalue weighted by atomic mass is 35.5. The minimum Gasteiger partial charge on any atom is -0.339 e. The minimum absolute atomic E-state index is 0.234. The zero-order valence-electron chi connectivity index (χ0n) is 20.6. The quantitative estimate of drug-likeness (QED) is 0.227. The van der Waals surface area contributed by atoms with Gasteiger partial charge in [0.15, 0.2) is 0 Å². The van der Waals surface area contributed by atoms with E-state index in [1.807, 2.05) is 32.0 Å². The Hall–Kier alpha value is -5.18. The summed E-state index contributed by atoms with van der Waals surface area (Å²) in [5, 5.41) is 27.7. The zero-order valence-corrected chi connectivity index (χ0v) is 21.3. The lowest BCUT2D eigenvalue weighted by Gasteiger charge is -2.17. The van der Waals surface area contributed by atoms with Crippen LogP contribution in [0.25, 0.3) is 6.08 Å². The molecule has 0 aliphatic rings. The summed E-state index contributed by atoms with van der Waals surface area (Å²) in [5.74, 6) is 0.168. The monoisotopic (exact) mass is 519 g/mol. The number of aromatic nitrogens is 2. The largest absolute Gasteiger partial charge is 0.339 e. The van der Waals surface area contributed by atoms with Crippen molar-refractivity contribution in [3.8, 4) is 12.1 Å². The van der Waals surface area contributed by atoms with E-state index in [0.717, 1.165) is 22.4 Å². The van der Waals surface area contributed by atoms with E-state index in [2.05, 4.69) is 32.0 Å². The molecule has 0 unspecified atom stereocenters. The Morgan fingerprint density at radius 3 is 2.24 bits per heavy atom. The first-order valence-electron chi connectivity index (χ1n) is 11.5. The first-order valence-corrected chi connectivity index (χ1v) is 11.9. The minimum atomic E-state index is -0.399. The summed E-state index contributed by atoms with van der Waals surface area (Å²) < 4.78 is 0. The molecule has 1 heterocycles. The predicted octanol–water partition coefficient (Wildman–Crippen LogP) is 6.89. The average molecular weight is 520 g/mol. The third-order valence-corrected chi connectivity index (χ3v) is 5.81. The third-order valence-electron chi connectivity index (χ3n) is 5.55. The maximum atomic E-state index is 13.2. The molecule has 9 heteroatoms. The number of carbonyl (C=O) groups excluding carboxylic acids is 1. The number of rotatable bonds is 7. The number of anilines is 5. The van der Waals surface area contributed by atoms with Crippen molar-refractivity contribution in [2.45, 2.75) is 13.8 Å². The number of carbonyl (C=O) groups is 1. The van der Waals surface area contributed by atoms with Gasteiger partial charge in [-0.1, -0.05) is 11.6 Å². The van der Waals surface area contributed by atoms with Crippen molar-refractivity contribution in [2.75, 3.05) is 16.0 Å². The molecule has 4 rings (SSSR count). The first kappa shape index (κ1) is 25.9. The number of benzene rings is 3. The smallest absolute Gasteiger partial charge is 0.261 e. The van der Waals surface area contributed by atoms with Crippen molar-refractivity contribution < 1.29 is 4.79 Å². The van der Waals surface area contributed by atoms with Crippen LogP contribution in [0.5, 0.6) is 0 Å². The van der Waals surface area contributed by atoms with Gasteiger partial charge >= 0.3 is 0 Å². The second-order valence-electron chi connectivity index (χ2n) is 8.35. The highest BCUT2D eigenvalue weighted by Crippen LogP contribution is 2.29. The number of halogens is 1. The molecule has 0 spiro atoms. The number of nitrogens with one attached hydrogen (secondary N) is 3. The predicted molar refractivity (Wildman–Crippen MR) is 150 cm³/mol. The van der Waals surface area contributed by atoms with E-state index in [1.165, 1.54) is 12.3 Å². The van der Waals surface area contributed by atoms with Gasteiger partial charge in [0, 0.05) is 34.4 Å². The average Bonchev–Trinajstić information content (AvgIpc) is 2.91. The topological polar surface area (TPSA) is 127 Å². The molecule has 1 aromatic heterocycles. The second-order valence-corrected chi connectivity index (χ2v) is 8.78. The van der Waals surface area contributed by atoms with Gasteiger partial charge in [0.2, 0.25) is 5.95 Å². The molecule has 0 aliphatic heterocycles. The highest BCUT2D eigenvalue weighted by molar-refractivity contribution is 6.30. The van der Waals surface area contributed by atoms with E-state index in [4.69, 9.17) is 22.1 Å². The summed E-state index contributed by atoms with van der Waals surface area (Å²) in [6, 6.07) is 21.6. The lowest BCUT2D eigenvalue weighted by atomic mass is 10.0. The molecule has 0 saturated heterocycles. The lowest BCUT2D eigenvalue weighted by Crippen LogP contribution is -2.16. The van der Waals surface area contributed by atoms with Crippen LogP contribution in [-0.4, -0.2) is 15.9 Å². The van der Waals surface area contributed by atoms with Crippen LogP contribution >= 0.6 is 11.6 Å². The number of amides is 1. The van der Waals surface area contributed by atoms with Crippen LogP contribution in [0.1, 0.15) is 32.6 Å². The molecule has 4 aromatic rings. The van der Waals surface area contributed by atoms with Crippen LogP contribution in [0.2, 0.25) is 5.02 Å². The van der Waals surface area contributed by atoms with Crippen molar-refractivity contribution in [2.24, 2.45) is 0 Å². The summed E-state index contributed by atoms with van der Waals surface area (Å²) in [6.07, 6.45) is 4.60. The van der Waals surface area contributed by atoms with Crippen LogP contribution in [0, 0.1) is 36.5 Å². The molecule has 0 saturated carbocycles. The van der Waals surface area contributed by atoms with Gasteiger partial charge in [-0.2, -0.15) is 15.5 Å². The van der Waals surface area contributed by atoms with Crippen molar-refractivity contribution >= 4 is 52.4 Å². The Morgan fingerprint density at radius 1 is 0.947 bits per heavy atom. The Morgan fingerprint density at radius 2 is 1.61 bits per heavy atom. The first-order chi connectivity index (χ1) is 18.4. The molecule has 0 fully saturated rings. The van der Waals surface area contributed by atoms with E-state index in [9.17, 15) is 4.79 Å². The maximum Gasteiger partial charge on any atom is 0.261 e. The number of aryl methyl sites for hydroxylation is 2. The molecule has 0 bridgehead atoms. The SMILES string of the molecule is Cc1cc(/C=C/C#N)cc(C)c1Nc1nc(Nc2ccc(C#N)cc2)ncc1C(=O)Nc1ccc(Cl)cc1. The van der Waals surface area contributed by atoms with Gasteiger partial charge in [0.05, 0.1) is 17.7 Å². The number of hydrogen-bond donors (Lipinski definition) is 3. The van der Waals surface area contributed by atoms with Crippen molar-refractivity contribution in [3.05, 3.63) is 106 Å². The van der Waals surface area contributed by atoms with Gasteiger partial charge in [-0.05, 0) is 97.3 Å². The number of nitrogens with zero attached hydrogens (tertiary/aromatic N) is 4. The molecule has 8 nitrogen and oxygen atoms in total. The van der Waals surface area contributed by atoms with E-state index < -0.39 is 5.91 Å². The van der Waals surface area contributed by atoms with Gasteiger partial charge in [0.25, 0.3) is 5.91 Å². The highest BCUT2D eigenvalue weighted by Gasteiger charge is 2.18. The molecule has 3 aromatic carbocycles. The summed E-state index contributed by atoms with van der Waals surface area (Å²) in [6.45, 7) is 3.87. The van der Waals surface area contributed by atoms with E-state index in [-0.39, 0.29) is 11.5 Å². The van der Waals surface area contributed by atoms with Gasteiger partial charge in [-0.15, -0.1) is 0 Å². The Kier molecular flexibility index (Phi) is 7.98. The molecular weight excluding hydrogens is 498 g/mol. The normalized spacial score (nSPS) is 10.4. The summed E-state index contributed by atoms with van der Waals surface area (Å²) in [4.78, 5) is 22.2. The molecule has 3 N–H and O–H groups in total. The van der Waals surface area contributed by atoms with Crippen molar-refractivity contribution in [1.29, 1.82) is 10.5 Å². The summed E-state index contributed by atoms with van der Waals surface area (Å²) in [5.41, 5.74) is 5.52. The molecular formula is C29H22ClN7O. The van der Waals surface area contributed by atoms with Gasteiger partial charge in [-0.25, -0.2) is 4.98 Å². The van der Waals surface area contributed by atoms with Gasteiger partial charge in [0.1, 0.15) is 11.4 Å². The second kappa shape index (κ2) is 11.7. The molecule has 0 radical (unpaired) electrons. The van der Waals surface area contributed by atoms with E-state index in [0.29, 0.717) is 27.8 Å². The van der Waals surface area contributed by atoms with Crippen molar-refractivity contribution in [1.82, 2.24) is 9.97 Å². The fourth-order valence-electron chi connectivity index (χ4n) is 3.73. The summed E-state index contributed by atoms with van der Waals surface area (Å²) in [7, 11) is 0. The van der Waals surface area contributed by atoms with Gasteiger partial charge < -0.3 is 16.0 Å². The number of nitriles is 2. The van der Waals surface area contributed by atoms with Gasteiger partial charge in [-0.3, -0.25) is 4.79 Å². The zero-order chi connectivity index (χ0) is 27.1. The van der Waals surface area contributed by atoms with Crippen LogP contribution in [0.15, 0.2) is 72.9 Å². The molecule has 0 atom stereocenters. The molecule has 1 amide bonds. The van der Waals surface area contributed by atoms with E-state index >= 15 is 0 Å². The Labute approximate surface area is 225 Å². The number of hydrogen-bond acceptors (Lipinski definition) is 7.